The first-order valence-corrected chi connectivity index (χ1v) is 11.8. The highest BCUT2D eigenvalue weighted by Gasteiger charge is 2.37. The van der Waals surface area contributed by atoms with Crippen molar-refractivity contribution in [2.45, 2.75) is 29.9 Å². The second-order valence-corrected chi connectivity index (χ2v) is 9.02. The van der Waals surface area contributed by atoms with E-state index in [9.17, 15) is 19.2 Å². The maximum Gasteiger partial charge on any atom is 0.338 e. The first kappa shape index (κ1) is 22.8. The van der Waals surface area contributed by atoms with Crippen molar-refractivity contribution in [1.29, 1.82) is 0 Å². The summed E-state index contributed by atoms with van der Waals surface area (Å²) in [5.74, 6) is -1.28. The topological polar surface area (TPSA) is 105 Å². The van der Waals surface area contributed by atoms with Gasteiger partial charge in [-0.25, -0.2) is 4.79 Å². The van der Waals surface area contributed by atoms with Gasteiger partial charge in [-0.15, -0.1) is 11.8 Å². The number of para-hydroxylation sites is 1. The number of hydrogen-bond donors (Lipinski definition) is 2. The molecule has 2 aliphatic rings. The second-order valence-electron chi connectivity index (χ2n) is 7.87. The number of piperidine rings is 1. The Hall–Kier alpha value is -3.33. The van der Waals surface area contributed by atoms with Crippen molar-refractivity contribution in [3.63, 3.8) is 0 Å². The van der Waals surface area contributed by atoms with Crippen molar-refractivity contribution in [2.24, 2.45) is 5.92 Å². The van der Waals surface area contributed by atoms with Crippen molar-refractivity contribution in [1.82, 2.24) is 4.90 Å². The van der Waals surface area contributed by atoms with Gasteiger partial charge in [0, 0.05) is 29.6 Å². The van der Waals surface area contributed by atoms with Gasteiger partial charge in [0.05, 0.1) is 17.9 Å². The van der Waals surface area contributed by atoms with Crippen LogP contribution in [-0.4, -0.2) is 53.5 Å². The van der Waals surface area contributed by atoms with Crippen LogP contribution in [0.25, 0.3) is 0 Å². The Morgan fingerprint density at radius 2 is 1.79 bits per heavy atom. The largest absolute Gasteiger partial charge is 0.462 e. The molecular formula is C24H25N3O5S. The third-order valence-corrected chi connectivity index (χ3v) is 6.95. The fourth-order valence-corrected chi connectivity index (χ4v) is 4.96. The van der Waals surface area contributed by atoms with Gasteiger partial charge in [0.25, 0.3) is 0 Å². The minimum absolute atomic E-state index is 0.121. The minimum Gasteiger partial charge on any atom is -0.462 e. The zero-order chi connectivity index (χ0) is 23.4. The highest BCUT2D eigenvalue weighted by molar-refractivity contribution is 8.01. The van der Waals surface area contributed by atoms with Crippen LogP contribution in [0, 0.1) is 5.92 Å². The molecule has 1 fully saturated rings. The number of fused-ring (bicyclic) bond motifs is 1. The van der Waals surface area contributed by atoms with Crippen LogP contribution in [0.15, 0.2) is 53.4 Å². The summed E-state index contributed by atoms with van der Waals surface area (Å²) in [6, 6.07) is 14.0. The summed E-state index contributed by atoms with van der Waals surface area (Å²) < 4.78 is 4.96. The Kier molecular flexibility index (Phi) is 6.98. The number of nitrogens with zero attached hydrogens (tertiary/aromatic N) is 1. The molecule has 8 nitrogen and oxygen atoms in total. The van der Waals surface area contributed by atoms with Crippen LogP contribution in [0.5, 0.6) is 0 Å². The summed E-state index contributed by atoms with van der Waals surface area (Å²) in [7, 11) is 0. The molecule has 0 bridgehead atoms. The van der Waals surface area contributed by atoms with Gasteiger partial charge in [-0.05, 0) is 56.2 Å². The molecule has 2 aliphatic heterocycles. The summed E-state index contributed by atoms with van der Waals surface area (Å²) >= 11 is 1.27. The Morgan fingerprint density at radius 3 is 2.48 bits per heavy atom. The zero-order valence-electron chi connectivity index (χ0n) is 18.2. The smallest absolute Gasteiger partial charge is 0.338 e. The standard InChI is InChI=1S/C24H25N3O5S/c1-2-32-24(31)16-7-9-17(10-8-16)25-21(28)15-11-13-27(14-12-15)23(30)20-22(29)26-18-5-3-4-6-19(18)33-20/h3-10,15,20H,2,11-14H2,1H3,(H,25,28)(H,26,29)/t20-/m1/s1. The van der Waals surface area contributed by atoms with Crippen molar-refractivity contribution >= 4 is 46.8 Å². The van der Waals surface area contributed by atoms with E-state index in [0.717, 1.165) is 10.6 Å². The molecule has 4 rings (SSSR count). The molecule has 1 atom stereocenters. The molecular weight excluding hydrogens is 442 g/mol. The van der Waals surface area contributed by atoms with E-state index >= 15 is 0 Å². The van der Waals surface area contributed by atoms with Gasteiger partial charge in [0.1, 0.15) is 0 Å². The number of anilines is 2. The molecule has 9 heteroatoms. The number of rotatable bonds is 5. The van der Waals surface area contributed by atoms with E-state index in [2.05, 4.69) is 10.6 Å². The van der Waals surface area contributed by atoms with Crippen LogP contribution in [0.4, 0.5) is 11.4 Å². The monoisotopic (exact) mass is 467 g/mol. The fourth-order valence-electron chi connectivity index (χ4n) is 3.89. The predicted molar refractivity (Wildman–Crippen MR) is 125 cm³/mol. The Balaban J connectivity index is 1.29. The first-order valence-electron chi connectivity index (χ1n) is 10.9. The lowest BCUT2D eigenvalue weighted by molar-refractivity contribution is -0.136. The summed E-state index contributed by atoms with van der Waals surface area (Å²) in [5, 5.41) is 4.86. The lowest BCUT2D eigenvalue weighted by atomic mass is 9.95. The van der Waals surface area contributed by atoms with Gasteiger partial charge in [-0.3, -0.25) is 14.4 Å². The van der Waals surface area contributed by atoms with Crippen molar-refractivity contribution < 1.29 is 23.9 Å². The maximum absolute atomic E-state index is 13.0. The molecule has 1 saturated heterocycles. The summed E-state index contributed by atoms with van der Waals surface area (Å²) in [6.07, 6.45) is 1.04. The van der Waals surface area contributed by atoms with E-state index in [-0.39, 0.29) is 23.6 Å². The highest BCUT2D eigenvalue weighted by Crippen LogP contribution is 2.36. The molecule has 0 saturated carbocycles. The number of amides is 3. The van der Waals surface area contributed by atoms with Gasteiger partial charge in [0.2, 0.25) is 17.7 Å². The molecule has 0 aliphatic carbocycles. The normalized spacial score (nSPS) is 18.2. The Bertz CT molecular complexity index is 1060. The van der Waals surface area contributed by atoms with Gasteiger partial charge in [0.15, 0.2) is 5.25 Å². The molecule has 0 aromatic heterocycles. The molecule has 172 valence electrons. The average Bonchev–Trinajstić information content (AvgIpc) is 2.84. The molecule has 2 aromatic rings. The number of hydrogen-bond acceptors (Lipinski definition) is 6. The summed E-state index contributed by atoms with van der Waals surface area (Å²) in [4.78, 5) is 52.4. The van der Waals surface area contributed by atoms with E-state index in [1.807, 2.05) is 24.3 Å². The number of thioether (sulfide) groups is 1. The number of esters is 1. The summed E-state index contributed by atoms with van der Waals surface area (Å²) in [6.45, 7) is 2.89. The predicted octanol–water partition coefficient (Wildman–Crippen LogP) is 3.15. The fraction of sp³-hybridized carbons (Fsp3) is 0.333. The number of likely N-dealkylation sites (tertiary alicyclic amines) is 1. The average molecular weight is 468 g/mol. The third kappa shape index (κ3) is 5.19. The van der Waals surface area contributed by atoms with Gasteiger partial charge in [-0.1, -0.05) is 12.1 Å². The van der Waals surface area contributed by atoms with Gasteiger partial charge in [-0.2, -0.15) is 0 Å². The first-order chi connectivity index (χ1) is 16.0. The van der Waals surface area contributed by atoms with E-state index in [0.29, 0.717) is 43.8 Å². The molecule has 2 N–H and O–H groups in total. The Morgan fingerprint density at radius 1 is 1.09 bits per heavy atom. The highest BCUT2D eigenvalue weighted by atomic mass is 32.2. The van der Waals surface area contributed by atoms with Crippen LogP contribution < -0.4 is 10.6 Å². The molecule has 2 heterocycles. The van der Waals surface area contributed by atoms with Crippen LogP contribution >= 0.6 is 11.8 Å². The molecule has 0 radical (unpaired) electrons. The second kappa shape index (κ2) is 10.1. The minimum atomic E-state index is -0.816. The number of ether oxygens (including phenoxy) is 1. The maximum atomic E-state index is 13.0. The number of benzene rings is 2. The van der Waals surface area contributed by atoms with Crippen LogP contribution in [-0.2, 0) is 19.1 Å². The van der Waals surface area contributed by atoms with E-state index < -0.39 is 11.2 Å². The Labute approximate surface area is 196 Å². The van der Waals surface area contributed by atoms with Crippen molar-refractivity contribution in [3.05, 3.63) is 54.1 Å². The zero-order valence-corrected chi connectivity index (χ0v) is 19.0. The number of carbonyl (C=O) groups is 4. The van der Waals surface area contributed by atoms with Crippen molar-refractivity contribution in [2.75, 3.05) is 30.3 Å². The SMILES string of the molecule is CCOC(=O)c1ccc(NC(=O)C2CCN(C(=O)[C@@H]3Sc4ccccc4NC3=O)CC2)cc1. The summed E-state index contributed by atoms with van der Waals surface area (Å²) in [5.41, 5.74) is 1.75. The molecule has 0 spiro atoms. The van der Waals surface area contributed by atoms with E-state index in [1.54, 1.807) is 36.1 Å². The molecule has 2 aromatic carbocycles. The molecule has 33 heavy (non-hydrogen) atoms. The van der Waals surface area contributed by atoms with Crippen LogP contribution in [0.1, 0.15) is 30.1 Å². The molecule has 0 unspecified atom stereocenters. The van der Waals surface area contributed by atoms with Gasteiger partial charge >= 0.3 is 5.97 Å². The van der Waals surface area contributed by atoms with E-state index in [1.165, 1.54) is 11.8 Å². The van der Waals surface area contributed by atoms with Crippen LogP contribution in [0.3, 0.4) is 0 Å². The number of carbonyl (C=O) groups excluding carboxylic acids is 4. The van der Waals surface area contributed by atoms with Crippen LogP contribution in [0.2, 0.25) is 0 Å². The van der Waals surface area contributed by atoms with Gasteiger partial charge < -0.3 is 20.3 Å². The number of nitrogens with one attached hydrogen (secondary N) is 2. The molecule has 3 amide bonds. The van der Waals surface area contributed by atoms with Crippen molar-refractivity contribution in [3.8, 4) is 0 Å². The third-order valence-electron chi connectivity index (χ3n) is 5.69. The van der Waals surface area contributed by atoms with E-state index in [4.69, 9.17) is 4.74 Å². The quantitative estimate of drug-likeness (QED) is 0.517. The lowest BCUT2D eigenvalue weighted by Crippen LogP contribution is -2.48. The lowest BCUT2D eigenvalue weighted by Gasteiger charge is -2.34.